The number of halogens is 6. The van der Waals surface area contributed by atoms with Crippen LogP contribution in [-0.4, -0.2) is 44.0 Å². The van der Waals surface area contributed by atoms with Crippen LogP contribution >= 0.6 is 11.6 Å². The van der Waals surface area contributed by atoms with Crippen LogP contribution in [0.15, 0.2) is 41.6 Å². The molecule has 1 aromatic heterocycles. The first kappa shape index (κ1) is 27.8. The highest BCUT2D eigenvalue weighted by Gasteiger charge is 2.32. The number of hydrogen-bond donors (Lipinski definition) is 2. The molecular weight excluding hydrogens is 583 g/mol. The van der Waals surface area contributed by atoms with Crippen LogP contribution in [0, 0.1) is 29.1 Å². The fourth-order valence-electron chi connectivity index (χ4n) is 4.08. The van der Waals surface area contributed by atoms with Crippen molar-refractivity contribution >= 4 is 55.2 Å². The molecule has 15 heteroatoms. The number of fused-ring (bicyclic) bond motifs is 1. The molecule has 1 fully saturated rings. The second kappa shape index (κ2) is 10.7. The van der Waals surface area contributed by atoms with Crippen LogP contribution in [-0.2, 0) is 14.6 Å². The van der Waals surface area contributed by atoms with Crippen LogP contribution in [0.3, 0.4) is 0 Å². The van der Waals surface area contributed by atoms with Crippen molar-refractivity contribution in [2.24, 2.45) is 0 Å². The lowest BCUT2D eigenvalue weighted by Crippen LogP contribution is -2.17. The number of anilines is 4. The number of ether oxygens (including phenoxy) is 2. The van der Waals surface area contributed by atoms with Gasteiger partial charge in [-0.3, -0.25) is 0 Å². The zero-order valence-corrected chi connectivity index (χ0v) is 21.9. The highest BCUT2D eigenvalue weighted by atomic mass is 35.5. The molecule has 0 amide bonds. The summed E-state index contributed by atoms with van der Waals surface area (Å²) in [7, 11) is -4.61. The summed E-state index contributed by atoms with van der Waals surface area (Å²) in [6, 6.07) is 6.56. The van der Waals surface area contributed by atoms with Crippen LogP contribution in [0.2, 0.25) is 5.02 Å². The Balaban J connectivity index is 1.68. The largest absolute Gasteiger partial charge is 0.486 e. The van der Waals surface area contributed by atoms with Crippen molar-refractivity contribution < 1.29 is 39.8 Å². The molecule has 1 aliphatic rings. The summed E-state index contributed by atoms with van der Waals surface area (Å²) < 4.78 is 107. The standard InChI is InChI=1S/C25H18ClF5N4O4S/c1-40(36,37)24-22(31)20(29)19(28)21(30)23(24)35-17-7-13-16(8-18(17)39-12-4-5-38-9-12)32-10-33-25(13)34-11-2-3-15(27)14(26)6-11/h2-3,6-8,10,12,35H,4-5,9H2,1H3,(H,32,33,34)/t12-/m0/s1. The third-order valence-corrected chi connectivity index (χ3v) is 7.37. The van der Waals surface area contributed by atoms with Gasteiger partial charge in [-0.15, -0.1) is 0 Å². The van der Waals surface area contributed by atoms with Gasteiger partial charge in [0.2, 0.25) is 0 Å². The van der Waals surface area contributed by atoms with Gasteiger partial charge in [0.1, 0.15) is 40.4 Å². The van der Waals surface area contributed by atoms with Crippen LogP contribution in [0.5, 0.6) is 5.75 Å². The van der Waals surface area contributed by atoms with E-state index < -0.39 is 55.6 Å². The van der Waals surface area contributed by atoms with E-state index in [4.69, 9.17) is 21.1 Å². The third-order valence-electron chi connectivity index (χ3n) is 5.96. The van der Waals surface area contributed by atoms with E-state index >= 15 is 0 Å². The van der Waals surface area contributed by atoms with E-state index in [-0.39, 0.29) is 34.3 Å². The van der Waals surface area contributed by atoms with E-state index in [1.165, 1.54) is 30.6 Å². The smallest absolute Gasteiger partial charge is 0.199 e. The summed E-state index contributed by atoms with van der Waals surface area (Å²) in [5, 5.41) is 5.41. The van der Waals surface area contributed by atoms with Gasteiger partial charge in [-0.25, -0.2) is 40.3 Å². The highest BCUT2D eigenvalue weighted by molar-refractivity contribution is 7.90. The van der Waals surface area contributed by atoms with Crippen LogP contribution in [0.25, 0.3) is 10.9 Å². The van der Waals surface area contributed by atoms with E-state index in [0.29, 0.717) is 30.5 Å². The average molecular weight is 601 g/mol. The van der Waals surface area contributed by atoms with Crippen molar-refractivity contribution in [3.05, 3.63) is 70.8 Å². The topological polar surface area (TPSA) is 102 Å². The number of sulfone groups is 1. The number of nitrogens with one attached hydrogen (secondary N) is 2. The first-order chi connectivity index (χ1) is 18.9. The lowest BCUT2D eigenvalue weighted by molar-refractivity contribution is 0.142. The Morgan fingerprint density at radius 3 is 2.42 bits per heavy atom. The minimum absolute atomic E-state index is 0.00136. The molecule has 0 aliphatic carbocycles. The number of hydrogen-bond acceptors (Lipinski definition) is 8. The van der Waals surface area contributed by atoms with Crippen molar-refractivity contribution in [1.82, 2.24) is 9.97 Å². The monoisotopic (exact) mass is 600 g/mol. The summed E-state index contributed by atoms with van der Waals surface area (Å²) in [6.07, 6.45) is 1.77. The fraction of sp³-hybridized carbons (Fsp3) is 0.200. The molecule has 210 valence electrons. The summed E-state index contributed by atoms with van der Waals surface area (Å²) in [4.78, 5) is 6.95. The first-order valence-corrected chi connectivity index (χ1v) is 13.8. The number of rotatable bonds is 7. The summed E-state index contributed by atoms with van der Waals surface area (Å²) >= 11 is 5.86. The van der Waals surface area contributed by atoms with E-state index in [9.17, 15) is 30.4 Å². The Bertz CT molecular complexity index is 1750. The van der Waals surface area contributed by atoms with E-state index in [1.807, 2.05) is 0 Å². The van der Waals surface area contributed by atoms with Gasteiger partial charge in [-0.1, -0.05) is 11.6 Å². The van der Waals surface area contributed by atoms with Gasteiger partial charge in [-0.2, -0.15) is 0 Å². The molecule has 0 bridgehead atoms. The lowest BCUT2D eigenvalue weighted by atomic mass is 10.1. The van der Waals surface area contributed by atoms with Gasteiger partial charge in [0.15, 0.2) is 33.1 Å². The molecule has 4 aromatic rings. The third kappa shape index (κ3) is 5.33. The van der Waals surface area contributed by atoms with Gasteiger partial charge in [0.05, 0.1) is 29.4 Å². The normalized spacial score (nSPS) is 15.4. The molecule has 1 atom stereocenters. The maximum Gasteiger partial charge on any atom is 0.199 e. The first-order valence-electron chi connectivity index (χ1n) is 11.5. The summed E-state index contributed by atoms with van der Waals surface area (Å²) in [5.41, 5.74) is -0.672. The molecular formula is C25H18ClF5N4O4S. The molecule has 2 N–H and O–H groups in total. The maximum atomic E-state index is 15.0. The Hall–Kier alpha value is -3.75. The quantitative estimate of drug-likeness (QED) is 0.115. The van der Waals surface area contributed by atoms with E-state index in [2.05, 4.69) is 20.6 Å². The van der Waals surface area contributed by atoms with Gasteiger partial charge in [0, 0.05) is 29.8 Å². The van der Waals surface area contributed by atoms with Gasteiger partial charge >= 0.3 is 0 Å². The maximum absolute atomic E-state index is 15.0. The summed E-state index contributed by atoms with van der Waals surface area (Å²) in [6.45, 7) is 0.612. The van der Waals surface area contributed by atoms with Gasteiger partial charge < -0.3 is 20.1 Å². The fourth-order valence-corrected chi connectivity index (χ4v) is 5.19. The molecule has 0 radical (unpaired) electrons. The van der Waals surface area contributed by atoms with Crippen molar-refractivity contribution in [3.8, 4) is 5.75 Å². The van der Waals surface area contributed by atoms with Crippen LogP contribution in [0.1, 0.15) is 6.42 Å². The van der Waals surface area contributed by atoms with E-state index in [0.717, 1.165) is 6.07 Å². The Kier molecular flexibility index (Phi) is 7.42. The minimum atomic E-state index is -4.61. The second-order valence-electron chi connectivity index (χ2n) is 8.80. The molecule has 5 rings (SSSR count). The van der Waals surface area contributed by atoms with Gasteiger partial charge in [0.25, 0.3) is 0 Å². The molecule has 1 aliphatic heterocycles. The molecule has 40 heavy (non-hydrogen) atoms. The number of nitrogens with zero attached hydrogens (tertiary/aromatic N) is 2. The molecule has 3 aromatic carbocycles. The average Bonchev–Trinajstić information content (AvgIpc) is 3.41. The Morgan fingerprint density at radius 1 is 1.00 bits per heavy atom. The zero-order chi connectivity index (χ0) is 28.8. The highest BCUT2D eigenvalue weighted by Crippen LogP contribution is 2.40. The zero-order valence-electron chi connectivity index (χ0n) is 20.4. The predicted octanol–water partition coefficient (Wildman–Crippen LogP) is 6.04. The van der Waals surface area contributed by atoms with E-state index in [1.54, 1.807) is 0 Å². The Morgan fingerprint density at radius 2 is 1.75 bits per heavy atom. The predicted molar refractivity (Wildman–Crippen MR) is 137 cm³/mol. The Labute approximate surface area is 229 Å². The number of aromatic nitrogens is 2. The minimum Gasteiger partial charge on any atom is -0.486 e. The van der Waals surface area contributed by atoms with Crippen molar-refractivity contribution in [3.63, 3.8) is 0 Å². The van der Waals surface area contributed by atoms with Crippen molar-refractivity contribution in [2.75, 3.05) is 30.1 Å². The SMILES string of the molecule is CS(=O)(=O)c1c(F)c(F)c(F)c(F)c1Nc1cc2c(Nc3ccc(F)c(Cl)c3)ncnc2cc1O[C@H]1CCOC1. The van der Waals surface area contributed by atoms with Crippen molar-refractivity contribution in [2.45, 2.75) is 17.4 Å². The second-order valence-corrected chi connectivity index (χ2v) is 11.2. The molecule has 1 saturated heterocycles. The lowest BCUT2D eigenvalue weighted by Gasteiger charge is -2.20. The molecule has 0 unspecified atom stereocenters. The molecule has 2 heterocycles. The summed E-state index contributed by atoms with van der Waals surface area (Å²) in [5.74, 6) is -9.02. The molecule has 0 saturated carbocycles. The van der Waals surface area contributed by atoms with Crippen molar-refractivity contribution in [1.29, 1.82) is 0 Å². The molecule has 0 spiro atoms. The van der Waals surface area contributed by atoms with Crippen LogP contribution < -0.4 is 15.4 Å². The van der Waals surface area contributed by atoms with Crippen LogP contribution in [0.4, 0.5) is 44.8 Å². The number of benzene rings is 3. The van der Waals surface area contributed by atoms with Gasteiger partial charge in [-0.05, 0) is 24.3 Å². The molecule has 8 nitrogen and oxygen atoms in total.